The molecule has 0 aromatic carbocycles. The second-order valence-corrected chi connectivity index (χ2v) is 6.30. The van der Waals surface area contributed by atoms with Crippen LogP contribution in [0.25, 0.3) is 0 Å². The number of carbonyl (C=O) groups is 1. The number of aliphatic carboxylic acids is 1. The van der Waals surface area contributed by atoms with Gasteiger partial charge in [0.15, 0.2) is 0 Å². The molecule has 5 nitrogen and oxygen atoms in total. The zero-order valence-corrected chi connectivity index (χ0v) is 13.4. The van der Waals surface area contributed by atoms with Crippen LogP contribution in [0.15, 0.2) is 0 Å². The fraction of sp³-hybridized carbons (Fsp3) is 0.692. The molecule has 1 unspecified atom stereocenters. The SMILES string of the molecule is CCc1nn(CC)c(CN2CCSCC2C(=O)O)c1Cl. The van der Waals surface area contributed by atoms with Crippen LogP contribution in [0.3, 0.4) is 0 Å². The fourth-order valence-electron chi connectivity index (χ4n) is 2.42. The van der Waals surface area contributed by atoms with Crippen LogP contribution in [-0.2, 0) is 24.3 Å². The van der Waals surface area contributed by atoms with Crippen LogP contribution in [0.5, 0.6) is 0 Å². The Morgan fingerprint density at radius 2 is 2.30 bits per heavy atom. The lowest BCUT2D eigenvalue weighted by atomic mass is 10.2. The maximum atomic E-state index is 11.3. The summed E-state index contributed by atoms with van der Waals surface area (Å²) in [6.45, 7) is 6.11. The molecule has 1 saturated heterocycles. The van der Waals surface area contributed by atoms with E-state index in [2.05, 4.69) is 5.10 Å². The number of aryl methyl sites for hydroxylation is 2. The van der Waals surface area contributed by atoms with Crippen molar-refractivity contribution in [2.24, 2.45) is 0 Å². The first-order valence-corrected chi connectivity index (χ1v) is 8.40. The third-order valence-corrected chi connectivity index (χ3v) is 5.03. The molecule has 1 aromatic heterocycles. The highest BCUT2D eigenvalue weighted by atomic mass is 35.5. The predicted octanol–water partition coefficient (Wildman–Crippen LogP) is 2.12. The van der Waals surface area contributed by atoms with E-state index in [0.717, 1.165) is 36.7 Å². The lowest BCUT2D eigenvalue weighted by Crippen LogP contribution is -2.47. The number of carboxylic acid groups (broad SMARTS) is 1. The van der Waals surface area contributed by atoms with Gasteiger partial charge in [-0.2, -0.15) is 16.9 Å². The monoisotopic (exact) mass is 317 g/mol. The molecule has 1 aliphatic rings. The summed E-state index contributed by atoms with van der Waals surface area (Å²) in [4.78, 5) is 13.3. The van der Waals surface area contributed by atoms with Gasteiger partial charge in [0.25, 0.3) is 0 Å². The maximum Gasteiger partial charge on any atom is 0.321 e. The second kappa shape index (κ2) is 6.83. The van der Waals surface area contributed by atoms with Gasteiger partial charge in [0.05, 0.1) is 16.4 Å². The summed E-state index contributed by atoms with van der Waals surface area (Å²) in [5.74, 6) is 0.836. The van der Waals surface area contributed by atoms with Gasteiger partial charge in [-0.25, -0.2) is 0 Å². The number of aromatic nitrogens is 2. The number of rotatable bonds is 5. The largest absolute Gasteiger partial charge is 0.480 e. The van der Waals surface area contributed by atoms with E-state index in [9.17, 15) is 9.90 Å². The Hall–Kier alpha value is -0.720. The number of halogens is 1. The fourth-order valence-corrected chi connectivity index (χ4v) is 3.85. The Kier molecular flexibility index (Phi) is 5.35. The van der Waals surface area contributed by atoms with Crippen LogP contribution in [0.1, 0.15) is 25.2 Å². The first kappa shape index (κ1) is 15.7. The molecule has 0 saturated carbocycles. The van der Waals surface area contributed by atoms with Gasteiger partial charge in [-0.1, -0.05) is 18.5 Å². The van der Waals surface area contributed by atoms with Gasteiger partial charge in [-0.3, -0.25) is 14.4 Å². The summed E-state index contributed by atoms with van der Waals surface area (Å²) in [7, 11) is 0. The van der Waals surface area contributed by atoms with Crippen LogP contribution in [0.2, 0.25) is 5.02 Å². The zero-order chi connectivity index (χ0) is 14.7. The first-order chi connectivity index (χ1) is 9.58. The van der Waals surface area contributed by atoms with E-state index in [1.54, 1.807) is 11.8 Å². The van der Waals surface area contributed by atoms with Crippen molar-refractivity contribution in [2.45, 2.75) is 39.4 Å². The minimum Gasteiger partial charge on any atom is -0.480 e. The number of thioether (sulfide) groups is 1. The Balaban J connectivity index is 2.23. The van der Waals surface area contributed by atoms with E-state index >= 15 is 0 Å². The molecule has 0 bridgehead atoms. The summed E-state index contributed by atoms with van der Waals surface area (Å²) >= 11 is 8.08. The molecule has 1 aromatic rings. The van der Waals surface area contributed by atoms with E-state index in [1.807, 2.05) is 23.4 Å². The number of hydrogen-bond donors (Lipinski definition) is 1. The number of carboxylic acids is 1. The third kappa shape index (κ3) is 3.13. The van der Waals surface area contributed by atoms with Crippen molar-refractivity contribution in [3.8, 4) is 0 Å². The van der Waals surface area contributed by atoms with E-state index in [0.29, 0.717) is 17.3 Å². The summed E-state index contributed by atoms with van der Waals surface area (Å²) in [5, 5.41) is 14.5. The Morgan fingerprint density at radius 1 is 1.55 bits per heavy atom. The molecular weight excluding hydrogens is 298 g/mol. The second-order valence-electron chi connectivity index (χ2n) is 4.78. The molecule has 1 aliphatic heterocycles. The molecule has 2 rings (SSSR count). The molecule has 7 heteroatoms. The smallest absolute Gasteiger partial charge is 0.321 e. The normalized spacial score (nSPS) is 20.2. The minimum atomic E-state index is -0.758. The predicted molar refractivity (Wildman–Crippen MR) is 81.4 cm³/mol. The van der Waals surface area contributed by atoms with Crippen molar-refractivity contribution in [1.82, 2.24) is 14.7 Å². The standard InChI is InChI=1S/C13H20ClN3O2S/c1-3-9-12(14)10(17(4-2)15-9)7-16-5-6-20-8-11(16)13(18)19/h11H,3-8H2,1-2H3,(H,18,19). The van der Waals surface area contributed by atoms with Crippen LogP contribution in [-0.4, -0.2) is 49.8 Å². The van der Waals surface area contributed by atoms with Crippen molar-refractivity contribution >= 4 is 29.3 Å². The van der Waals surface area contributed by atoms with Crippen molar-refractivity contribution in [3.63, 3.8) is 0 Å². The lowest BCUT2D eigenvalue weighted by molar-refractivity contribution is -0.142. The van der Waals surface area contributed by atoms with Crippen LogP contribution < -0.4 is 0 Å². The van der Waals surface area contributed by atoms with E-state index in [4.69, 9.17) is 11.6 Å². The molecule has 1 fully saturated rings. The van der Waals surface area contributed by atoms with Crippen molar-refractivity contribution < 1.29 is 9.90 Å². The van der Waals surface area contributed by atoms with Gasteiger partial charge in [0, 0.05) is 31.1 Å². The zero-order valence-electron chi connectivity index (χ0n) is 11.8. The first-order valence-electron chi connectivity index (χ1n) is 6.87. The Labute approximate surface area is 128 Å². The van der Waals surface area contributed by atoms with Crippen molar-refractivity contribution in [1.29, 1.82) is 0 Å². The average Bonchev–Trinajstić information content (AvgIpc) is 2.75. The molecular formula is C13H20ClN3O2S. The van der Waals surface area contributed by atoms with E-state index in [1.165, 1.54) is 0 Å². The maximum absolute atomic E-state index is 11.3. The quantitative estimate of drug-likeness (QED) is 0.901. The highest BCUT2D eigenvalue weighted by Crippen LogP contribution is 2.26. The number of hydrogen-bond acceptors (Lipinski definition) is 4. The molecule has 0 aliphatic carbocycles. The topological polar surface area (TPSA) is 58.4 Å². The molecule has 1 N–H and O–H groups in total. The van der Waals surface area contributed by atoms with Crippen LogP contribution in [0, 0.1) is 0 Å². The van der Waals surface area contributed by atoms with Crippen molar-refractivity contribution in [3.05, 3.63) is 16.4 Å². The molecule has 112 valence electrons. The van der Waals surface area contributed by atoms with Crippen LogP contribution >= 0.6 is 23.4 Å². The van der Waals surface area contributed by atoms with Crippen LogP contribution in [0.4, 0.5) is 0 Å². The minimum absolute atomic E-state index is 0.435. The molecule has 0 radical (unpaired) electrons. The highest BCUT2D eigenvalue weighted by Gasteiger charge is 2.30. The lowest BCUT2D eigenvalue weighted by Gasteiger charge is -2.32. The molecule has 0 spiro atoms. The van der Waals surface area contributed by atoms with Gasteiger partial charge in [-0.05, 0) is 13.3 Å². The molecule has 20 heavy (non-hydrogen) atoms. The Bertz CT molecular complexity index is 492. The van der Waals surface area contributed by atoms with Gasteiger partial charge in [0.1, 0.15) is 6.04 Å². The van der Waals surface area contributed by atoms with Gasteiger partial charge < -0.3 is 5.11 Å². The average molecular weight is 318 g/mol. The summed E-state index contributed by atoms with van der Waals surface area (Å²) in [6.07, 6.45) is 0.789. The summed E-state index contributed by atoms with van der Waals surface area (Å²) in [6, 6.07) is -0.435. The van der Waals surface area contributed by atoms with Crippen molar-refractivity contribution in [2.75, 3.05) is 18.1 Å². The summed E-state index contributed by atoms with van der Waals surface area (Å²) < 4.78 is 1.89. The van der Waals surface area contributed by atoms with E-state index < -0.39 is 12.0 Å². The molecule has 2 heterocycles. The molecule has 1 atom stereocenters. The van der Waals surface area contributed by atoms with Gasteiger partial charge >= 0.3 is 5.97 Å². The van der Waals surface area contributed by atoms with E-state index in [-0.39, 0.29) is 0 Å². The summed E-state index contributed by atoms with van der Waals surface area (Å²) in [5.41, 5.74) is 1.82. The van der Waals surface area contributed by atoms with Gasteiger partial charge in [0.2, 0.25) is 0 Å². The highest BCUT2D eigenvalue weighted by molar-refractivity contribution is 7.99. The Morgan fingerprint density at radius 3 is 2.90 bits per heavy atom. The van der Waals surface area contributed by atoms with Gasteiger partial charge in [-0.15, -0.1) is 0 Å². The third-order valence-electron chi connectivity index (χ3n) is 3.57. The molecule has 0 amide bonds. The number of nitrogens with zero attached hydrogens (tertiary/aromatic N) is 3.